The number of amides is 4. The Hall–Kier alpha value is -2.09. The first kappa shape index (κ1) is 15.8. The molecule has 2 saturated heterocycles. The molecule has 1 N–H and O–H groups in total. The number of carbonyl (C=O) groups excluding carboxylic acids is 3. The molecule has 0 radical (unpaired) electrons. The Labute approximate surface area is 138 Å². The lowest BCUT2D eigenvalue weighted by atomic mass is 10.0. The molecule has 8 heteroatoms. The number of nitrogens with one attached hydrogen (secondary N) is 1. The van der Waals surface area contributed by atoms with Crippen LogP contribution in [0.2, 0.25) is 0 Å². The largest absolute Gasteiger partial charge is 0.342 e. The fourth-order valence-electron chi connectivity index (χ4n) is 2.85. The van der Waals surface area contributed by atoms with Crippen LogP contribution in [0.3, 0.4) is 0 Å². The maximum Gasteiger partial charge on any atom is 0.324 e. The zero-order valence-electron chi connectivity index (χ0n) is 12.6. The minimum absolute atomic E-state index is 0.0839. The van der Waals surface area contributed by atoms with E-state index in [0.717, 1.165) is 4.90 Å². The van der Waals surface area contributed by atoms with Gasteiger partial charge in [-0.05, 0) is 25.0 Å². The molecule has 3 heterocycles. The molecule has 0 unspecified atom stereocenters. The predicted molar refractivity (Wildman–Crippen MR) is 84.8 cm³/mol. The average Bonchev–Trinajstić information content (AvgIpc) is 2.92. The van der Waals surface area contributed by atoms with Crippen molar-refractivity contribution in [3.05, 3.63) is 24.5 Å². The summed E-state index contributed by atoms with van der Waals surface area (Å²) in [4.78, 5) is 43.7. The van der Waals surface area contributed by atoms with Gasteiger partial charge in [-0.3, -0.25) is 19.5 Å². The van der Waals surface area contributed by atoms with E-state index in [1.54, 1.807) is 12.4 Å². The second-order valence-electron chi connectivity index (χ2n) is 5.51. The highest BCUT2D eigenvalue weighted by Crippen LogP contribution is 2.21. The normalized spacial score (nSPS) is 19.1. The van der Waals surface area contributed by atoms with Gasteiger partial charge in [-0.15, -0.1) is 11.8 Å². The van der Waals surface area contributed by atoms with Crippen LogP contribution >= 0.6 is 11.8 Å². The summed E-state index contributed by atoms with van der Waals surface area (Å²) >= 11 is 1.49. The molecule has 2 fully saturated rings. The van der Waals surface area contributed by atoms with Crippen molar-refractivity contribution in [1.29, 1.82) is 0 Å². The summed E-state index contributed by atoms with van der Waals surface area (Å²) in [6.07, 6.45) is 4.70. The third-order valence-corrected chi connectivity index (χ3v) is 5.07. The Kier molecular flexibility index (Phi) is 4.80. The molecule has 0 bridgehead atoms. The van der Waals surface area contributed by atoms with Crippen LogP contribution in [0.15, 0.2) is 29.4 Å². The van der Waals surface area contributed by atoms with Crippen LogP contribution in [-0.4, -0.2) is 64.1 Å². The SMILES string of the molecule is O=C(CSc1ccncc1)N1CCC(N2C(=O)CNC2=O)CC1. The summed E-state index contributed by atoms with van der Waals surface area (Å²) in [5, 5.41) is 2.54. The summed E-state index contributed by atoms with van der Waals surface area (Å²) in [6, 6.07) is 3.35. The molecule has 4 amide bonds. The van der Waals surface area contributed by atoms with Gasteiger partial charge in [-0.2, -0.15) is 0 Å². The highest BCUT2D eigenvalue weighted by Gasteiger charge is 2.37. The van der Waals surface area contributed by atoms with Gasteiger partial charge in [0.25, 0.3) is 0 Å². The average molecular weight is 334 g/mol. The molecule has 7 nitrogen and oxygen atoms in total. The molecule has 2 aliphatic rings. The van der Waals surface area contributed by atoms with Gasteiger partial charge < -0.3 is 10.2 Å². The first-order valence-corrected chi connectivity index (χ1v) is 8.54. The Morgan fingerprint density at radius 1 is 1.26 bits per heavy atom. The van der Waals surface area contributed by atoms with Crippen LogP contribution in [0.25, 0.3) is 0 Å². The van der Waals surface area contributed by atoms with Gasteiger partial charge in [0.05, 0.1) is 12.3 Å². The Morgan fingerprint density at radius 3 is 2.57 bits per heavy atom. The number of imide groups is 1. The summed E-state index contributed by atoms with van der Waals surface area (Å²) in [5.74, 6) is 0.299. The second-order valence-corrected chi connectivity index (χ2v) is 6.55. The highest BCUT2D eigenvalue weighted by molar-refractivity contribution is 8.00. The standard InChI is InChI=1S/C15H18N4O3S/c20-13-9-17-15(22)19(13)11-3-7-18(8-4-11)14(21)10-23-12-1-5-16-6-2-12/h1-2,5-6,11H,3-4,7-10H2,(H,17,22). The molecule has 1 aromatic rings. The Morgan fingerprint density at radius 2 is 1.96 bits per heavy atom. The van der Waals surface area contributed by atoms with Crippen molar-refractivity contribution in [2.75, 3.05) is 25.4 Å². The van der Waals surface area contributed by atoms with Crippen molar-refractivity contribution in [3.63, 3.8) is 0 Å². The van der Waals surface area contributed by atoms with Gasteiger partial charge in [0.1, 0.15) is 0 Å². The van der Waals surface area contributed by atoms with E-state index in [2.05, 4.69) is 10.3 Å². The molecular formula is C15H18N4O3S. The number of rotatable bonds is 4. The van der Waals surface area contributed by atoms with Crippen molar-refractivity contribution in [2.24, 2.45) is 0 Å². The van der Waals surface area contributed by atoms with Gasteiger partial charge in [0.15, 0.2) is 0 Å². The molecule has 0 aromatic carbocycles. The van der Waals surface area contributed by atoms with Crippen LogP contribution in [0, 0.1) is 0 Å². The molecule has 0 spiro atoms. The number of carbonyl (C=O) groups is 3. The smallest absolute Gasteiger partial charge is 0.324 e. The molecule has 122 valence electrons. The Balaban J connectivity index is 1.48. The number of nitrogens with zero attached hydrogens (tertiary/aromatic N) is 3. The minimum Gasteiger partial charge on any atom is -0.342 e. The van der Waals surface area contributed by atoms with E-state index in [9.17, 15) is 14.4 Å². The molecular weight excluding hydrogens is 316 g/mol. The van der Waals surface area contributed by atoms with Crippen molar-refractivity contribution in [1.82, 2.24) is 20.1 Å². The van der Waals surface area contributed by atoms with Crippen molar-refractivity contribution in [3.8, 4) is 0 Å². The highest BCUT2D eigenvalue weighted by atomic mass is 32.2. The number of hydrogen-bond acceptors (Lipinski definition) is 5. The summed E-state index contributed by atoms with van der Waals surface area (Å²) in [5.41, 5.74) is 0. The number of pyridine rings is 1. The third-order valence-electron chi connectivity index (χ3n) is 4.07. The van der Waals surface area contributed by atoms with Crippen LogP contribution < -0.4 is 5.32 Å². The van der Waals surface area contributed by atoms with Crippen LogP contribution in [0.5, 0.6) is 0 Å². The van der Waals surface area contributed by atoms with Gasteiger partial charge >= 0.3 is 6.03 Å². The van der Waals surface area contributed by atoms with E-state index >= 15 is 0 Å². The van der Waals surface area contributed by atoms with Gasteiger partial charge in [-0.25, -0.2) is 4.79 Å². The maximum absolute atomic E-state index is 12.3. The fraction of sp³-hybridized carbons (Fsp3) is 0.467. The monoisotopic (exact) mass is 334 g/mol. The van der Waals surface area contributed by atoms with E-state index in [1.807, 2.05) is 17.0 Å². The van der Waals surface area contributed by atoms with Crippen molar-refractivity contribution >= 4 is 29.6 Å². The lowest BCUT2D eigenvalue weighted by Gasteiger charge is -2.35. The third kappa shape index (κ3) is 3.64. The van der Waals surface area contributed by atoms with Gasteiger partial charge in [0.2, 0.25) is 11.8 Å². The first-order valence-electron chi connectivity index (χ1n) is 7.55. The van der Waals surface area contributed by atoms with Gasteiger partial charge in [-0.1, -0.05) is 0 Å². The fourth-order valence-corrected chi connectivity index (χ4v) is 3.64. The van der Waals surface area contributed by atoms with Gasteiger partial charge in [0, 0.05) is 36.4 Å². The first-order chi connectivity index (χ1) is 11.1. The topological polar surface area (TPSA) is 82.6 Å². The maximum atomic E-state index is 12.3. The van der Waals surface area contributed by atoms with E-state index < -0.39 is 0 Å². The quantitative estimate of drug-likeness (QED) is 0.648. The predicted octanol–water partition coefficient (Wildman–Crippen LogP) is 0.717. The zero-order valence-corrected chi connectivity index (χ0v) is 13.4. The summed E-state index contributed by atoms with van der Waals surface area (Å²) in [7, 11) is 0. The summed E-state index contributed by atoms with van der Waals surface area (Å²) in [6.45, 7) is 1.25. The van der Waals surface area contributed by atoms with Crippen molar-refractivity contribution < 1.29 is 14.4 Å². The summed E-state index contributed by atoms with van der Waals surface area (Å²) < 4.78 is 0. The van der Waals surface area contributed by atoms with Crippen LogP contribution in [0.1, 0.15) is 12.8 Å². The zero-order chi connectivity index (χ0) is 16.2. The van der Waals surface area contributed by atoms with E-state index in [0.29, 0.717) is 31.7 Å². The molecule has 0 atom stereocenters. The van der Waals surface area contributed by atoms with E-state index in [-0.39, 0.29) is 30.4 Å². The van der Waals surface area contributed by atoms with Crippen molar-refractivity contribution in [2.45, 2.75) is 23.8 Å². The molecule has 1 aromatic heterocycles. The number of aromatic nitrogens is 1. The minimum atomic E-state index is -0.312. The number of thioether (sulfide) groups is 1. The number of hydrogen-bond donors (Lipinski definition) is 1. The lowest BCUT2D eigenvalue weighted by molar-refractivity contribution is -0.131. The Bertz CT molecular complexity index is 586. The molecule has 2 aliphatic heterocycles. The molecule has 23 heavy (non-hydrogen) atoms. The number of likely N-dealkylation sites (tertiary alicyclic amines) is 1. The number of piperidine rings is 1. The van der Waals surface area contributed by atoms with Crippen LogP contribution in [-0.2, 0) is 9.59 Å². The second kappa shape index (κ2) is 6.99. The van der Waals surface area contributed by atoms with E-state index in [4.69, 9.17) is 0 Å². The van der Waals surface area contributed by atoms with E-state index in [1.165, 1.54) is 16.7 Å². The molecule has 0 saturated carbocycles. The lowest BCUT2D eigenvalue weighted by Crippen LogP contribution is -2.49. The molecule has 0 aliphatic carbocycles. The van der Waals surface area contributed by atoms with Crippen LogP contribution in [0.4, 0.5) is 4.79 Å². The molecule has 3 rings (SSSR count). The number of urea groups is 1.